The molecular formula is C20H19F4NO2S. The standard InChI is InChI=1S/C20H19F4NO2S/c21-16-6-4-14(5-7-16)19(8-10-27-11-9-19)25-18(26)13-28-17-3-1-2-15(12-17)20(22,23)24/h1-7,12H,8-11,13H2,(H,25,26). The first-order valence-electron chi connectivity index (χ1n) is 8.73. The van der Waals surface area contributed by atoms with Gasteiger partial charge in [-0.2, -0.15) is 13.2 Å². The van der Waals surface area contributed by atoms with Crippen molar-refractivity contribution in [1.29, 1.82) is 0 Å². The molecule has 0 aliphatic carbocycles. The van der Waals surface area contributed by atoms with Gasteiger partial charge in [-0.15, -0.1) is 11.8 Å². The van der Waals surface area contributed by atoms with Crippen LogP contribution < -0.4 is 5.32 Å². The van der Waals surface area contributed by atoms with E-state index in [4.69, 9.17) is 4.74 Å². The second kappa shape index (κ2) is 8.53. The zero-order valence-corrected chi connectivity index (χ0v) is 15.7. The number of benzene rings is 2. The summed E-state index contributed by atoms with van der Waals surface area (Å²) in [6.07, 6.45) is -3.34. The van der Waals surface area contributed by atoms with Crippen LogP contribution in [0.15, 0.2) is 53.4 Å². The first kappa shape index (κ1) is 20.7. The third kappa shape index (κ3) is 5.05. The van der Waals surface area contributed by atoms with Crippen LogP contribution in [-0.2, 0) is 21.2 Å². The number of carbonyl (C=O) groups is 1. The van der Waals surface area contributed by atoms with Crippen LogP contribution in [-0.4, -0.2) is 24.9 Å². The fourth-order valence-electron chi connectivity index (χ4n) is 3.19. The first-order chi connectivity index (χ1) is 13.3. The van der Waals surface area contributed by atoms with Gasteiger partial charge in [-0.25, -0.2) is 4.39 Å². The van der Waals surface area contributed by atoms with E-state index < -0.39 is 17.3 Å². The summed E-state index contributed by atoms with van der Waals surface area (Å²) in [5, 5.41) is 3.00. The Morgan fingerprint density at radius 3 is 2.43 bits per heavy atom. The van der Waals surface area contributed by atoms with Gasteiger partial charge in [0, 0.05) is 18.1 Å². The summed E-state index contributed by atoms with van der Waals surface area (Å²) < 4.78 is 57.1. The molecule has 28 heavy (non-hydrogen) atoms. The van der Waals surface area contributed by atoms with Gasteiger partial charge in [0.1, 0.15) is 5.82 Å². The third-order valence-electron chi connectivity index (χ3n) is 4.65. The van der Waals surface area contributed by atoms with Crippen molar-refractivity contribution in [1.82, 2.24) is 5.32 Å². The first-order valence-corrected chi connectivity index (χ1v) is 9.72. The summed E-state index contributed by atoms with van der Waals surface area (Å²) in [7, 11) is 0. The molecule has 150 valence electrons. The fourth-order valence-corrected chi connectivity index (χ4v) is 3.94. The van der Waals surface area contributed by atoms with Crippen molar-refractivity contribution in [2.24, 2.45) is 0 Å². The largest absolute Gasteiger partial charge is 0.416 e. The lowest BCUT2D eigenvalue weighted by Crippen LogP contribution is -2.50. The molecule has 1 aliphatic heterocycles. The molecule has 1 aliphatic rings. The summed E-state index contributed by atoms with van der Waals surface area (Å²) in [6.45, 7) is 0.914. The monoisotopic (exact) mass is 413 g/mol. The molecule has 0 aromatic heterocycles. The van der Waals surface area contributed by atoms with Gasteiger partial charge >= 0.3 is 6.18 Å². The lowest BCUT2D eigenvalue weighted by atomic mass is 9.82. The SMILES string of the molecule is O=C(CSc1cccc(C(F)(F)F)c1)NC1(c2ccc(F)cc2)CCOCC1. The molecule has 2 aromatic rings. The van der Waals surface area contributed by atoms with E-state index in [0.29, 0.717) is 31.0 Å². The molecule has 1 fully saturated rings. The highest BCUT2D eigenvalue weighted by molar-refractivity contribution is 8.00. The van der Waals surface area contributed by atoms with Gasteiger partial charge in [-0.3, -0.25) is 4.79 Å². The molecule has 2 aromatic carbocycles. The average molecular weight is 413 g/mol. The van der Waals surface area contributed by atoms with Gasteiger partial charge in [0.2, 0.25) is 5.91 Å². The van der Waals surface area contributed by atoms with Crippen LogP contribution in [0.5, 0.6) is 0 Å². The number of ether oxygens (including phenoxy) is 1. The number of rotatable bonds is 5. The highest BCUT2D eigenvalue weighted by Crippen LogP contribution is 2.34. The van der Waals surface area contributed by atoms with E-state index >= 15 is 0 Å². The zero-order valence-electron chi connectivity index (χ0n) is 14.9. The molecule has 1 saturated heterocycles. The Hall–Kier alpha value is -2.06. The maximum absolute atomic E-state index is 13.3. The van der Waals surface area contributed by atoms with E-state index in [9.17, 15) is 22.4 Å². The van der Waals surface area contributed by atoms with Crippen LogP contribution in [0.25, 0.3) is 0 Å². The number of alkyl halides is 3. The van der Waals surface area contributed by atoms with Gasteiger partial charge in [0.25, 0.3) is 0 Å². The maximum atomic E-state index is 13.3. The summed E-state index contributed by atoms with van der Waals surface area (Å²) in [5.41, 5.74) is -0.628. The number of nitrogens with one attached hydrogen (secondary N) is 1. The lowest BCUT2D eigenvalue weighted by molar-refractivity contribution is -0.137. The average Bonchev–Trinajstić information content (AvgIpc) is 2.67. The second-order valence-corrected chi connectivity index (χ2v) is 7.61. The van der Waals surface area contributed by atoms with Crippen LogP contribution in [0.2, 0.25) is 0 Å². The van der Waals surface area contributed by atoms with Crippen LogP contribution in [0.1, 0.15) is 24.0 Å². The van der Waals surface area contributed by atoms with Gasteiger partial charge in [0.05, 0.1) is 16.9 Å². The molecule has 1 heterocycles. The number of hydrogen-bond acceptors (Lipinski definition) is 3. The molecule has 1 N–H and O–H groups in total. The number of halogens is 4. The van der Waals surface area contributed by atoms with Crippen molar-refractivity contribution in [2.45, 2.75) is 29.5 Å². The molecule has 0 radical (unpaired) electrons. The highest BCUT2D eigenvalue weighted by Gasteiger charge is 2.36. The van der Waals surface area contributed by atoms with Crippen molar-refractivity contribution in [2.75, 3.05) is 19.0 Å². The van der Waals surface area contributed by atoms with Gasteiger partial charge in [-0.05, 0) is 48.7 Å². The van der Waals surface area contributed by atoms with E-state index in [1.165, 1.54) is 24.3 Å². The Morgan fingerprint density at radius 2 is 1.79 bits per heavy atom. The minimum atomic E-state index is -4.42. The molecule has 3 rings (SSSR count). The predicted molar refractivity (Wildman–Crippen MR) is 98.4 cm³/mol. The Kier molecular flexibility index (Phi) is 6.30. The third-order valence-corrected chi connectivity index (χ3v) is 5.65. The van der Waals surface area contributed by atoms with E-state index in [-0.39, 0.29) is 17.5 Å². The van der Waals surface area contributed by atoms with Crippen molar-refractivity contribution in [3.8, 4) is 0 Å². The number of thioether (sulfide) groups is 1. The number of amides is 1. The quantitative estimate of drug-likeness (QED) is 0.568. The van der Waals surface area contributed by atoms with Crippen molar-refractivity contribution in [3.63, 3.8) is 0 Å². The molecule has 0 saturated carbocycles. The molecule has 0 atom stereocenters. The Bertz CT molecular complexity index is 818. The van der Waals surface area contributed by atoms with E-state index in [0.717, 1.165) is 29.5 Å². The molecule has 3 nitrogen and oxygen atoms in total. The fraction of sp³-hybridized carbons (Fsp3) is 0.350. The van der Waals surface area contributed by atoms with Crippen LogP contribution in [0.4, 0.5) is 17.6 Å². The van der Waals surface area contributed by atoms with E-state index in [1.54, 1.807) is 12.1 Å². The maximum Gasteiger partial charge on any atom is 0.416 e. The van der Waals surface area contributed by atoms with Gasteiger partial charge in [0.15, 0.2) is 0 Å². The normalized spacial score (nSPS) is 16.6. The topological polar surface area (TPSA) is 38.3 Å². The van der Waals surface area contributed by atoms with Crippen LogP contribution in [0, 0.1) is 5.82 Å². The Balaban J connectivity index is 1.69. The van der Waals surface area contributed by atoms with Crippen molar-refractivity contribution >= 4 is 17.7 Å². The Morgan fingerprint density at radius 1 is 1.11 bits per heavy atom. The van der Waals surface area contributed by atoms with Crippen LogP contribution >= 0.6 is 11.8 Å². The minimum absolute atomic E-state index is 0.0227. The van der Waals surface area contributed by atoms with E-state index in [2.05, 4.69) is 5.32 Å². The predicted octanol–water partition coefficient (Wildman–Crippen LogP) is 4.76. The van der Waals surface area contributed by atoms with Crippen molar-refractivity contribution < 1.29 is 27.1 Å². The lowest BCUT2D eigenvalue weighted by Gasteiger charge is -2.38. The van der Waals surface area contributed by atoms with Crippen molar-refractivity contribution in [3.05, 3.63) is 65.5 Å². The number of carbonyl (C=O) groups excluding carboxylic acids is 1. The summed E-state index contributed by atoms with van der Waals surface area (Å²) in [5.74, 6) is -0.684. The Labute approximate surface area is 164 Å². The molecule has 0 unspecified atom stereocenters. The molecule has 1 amide bonds. The number of hydrogen-bond donors (Lipinski definition) is 1. The molecule has 0 spiro atoms. The van der Waals surface area contributed by atoms with Crippen LogP contribution in [0.3, 0.4) is 0 Å². The van der Waals surface area contributed by atoms with Gasteiger partial charge in [-0.1, -0.05) is 18.2 Å². The second-order valence-electron chi connectivity index (χ2n) is 6.56. The highest BCUT2D eigenvalue weighted by atomic mass is 32.2. The minimum Gasteiger partial charge on any atom is -0.381 e. The summed E-state index contributed by atoms with van der Waals surface area (Å²) in [4.78, 5) is 12.9. The summed E-state index contributed by atoms with van der Waals surface area (Å²) in [6, 6.07) is 10.9. The van der Waals surface area contributed by atoms with Gasteiger partial charge < -0.3 is 10.1 Å². The zero-order chi connectivity index (χ0) is 20.2. The summed E-state index contributed by atoms with van der Waals surface area (Å²) >= 11 is 1.04. The molecule has 0 bridgehead atoms. The smallest absolute Gasteiger partial charge is 0.381 e. The van der Waals surface area contributed by atoms with E-state index in [1.807, 2.05) is 0 Å². The molecular weight excluding hydrogens is 394 g/mol. The molecule has 8 heteroatoms.